The standard InChI is InChI=1S/C12H18N2O4S/c1-3-6-19-7-12(13,11(17)18-2)10(16)8-4-5-9(15)14-8/h3,8H,1,4-7,13H2,2H3,(H,14,15)/t8-,12+/m0/s1. The topological polar surface area (TPSA) is 98.5 Å². The largest absolute Gasteiger partial charge is 0.467 e. The Morgan fingerprint density at radius 3 is 2.84 bits per heavy atom. The number of amides is 1. The molecule has 1 aliphatic heterocycles. The van der Waals surface area contributed by atoms with Gasteiger partial charge in [0.2, 0.25) is 5.91 Å². The lowest BCUT2D eigenvalue weighted by Crippen LogP contribution is -2.62. The smallest absolute Gasteiger partial charge is 0.334 e. The normalized spacial score (nSPS) is 21.4. The van der Waals surface area contributed by atoms with Gasteiger partial charge in [-0.15, -0.1) is 6.58 Å². The van der Waals surface area contributed by atoms with Crippen molar-refractivity contribution in [1.29, 1.82) is 0 Å². The molecule has 6 nitrogen and oxygen atoms in total. The lowest BCUT2D eigenvalue weighted by molar-refractivity contribution is -0.151. The summed E-state index contributed by atoms with van der Waals surface area (Å²) in [5.74, 6) is -0.821. The van der Waals surface area contributed by atoms with Crippen molar-refractivity contribution in [2.45, 2.75) is 24.4 Å². The molecule has 1 fully saturated rings. The molecule has 2 atom stereocenters. The summed E-state index contributed by atoms with van der Waals surface area (Å²) in [6.45, 7) is 3.56. The zero-order valence-electron chi connectivity index (χ0n) is 10.8. The number of ketones is 1. The average Bonchev–Trinajstić information content (AvgIpc) is 2.83. The quantitative estimate of drug-likeness (QED) is 0.287. The molecule has 0 aromatic carbocycles. The van der Waals surface area contributed by atoms with Gasteiger partial charge >= 0.3 is 5.97 Å². The van der Waals surface area contributed by atoms with Gasteiger partial charge in [0.25, 0.3) is 0 Å². The number of methoxy groups -OCH3 is 1. The van der Waals surface area contributed by atoms with E-state index in [0.29, 0.717) is 12.2 Å². The van der Waals surface area contributed by atoms with Crippen molar-refractivity contribution in [2.24, 2.45) is 5.73 Å². The van der Waals surface area contributed by atoms with Crippen LogP contribution in [0.3, 0.4) is 0 Å². The van der Waals surface area contributed by atoms with E-state index in [2.05, 4.69) is 16.6 Å². The highest BCUT2D eigenvalue weighted by Crippen LogP contribution is 2.20. The predicted octanol–water partition coefficient (Wildman–Crippen LogP) is -0.376. The number of thioether (sulfide) groups is 1. The maximum atomic E-state index is 12.3. The number of hydrogen-bond donors (Lipinski definition) is 2. The van der Waals surface area contributed by atoms with Crippen molar-refractivity contribution in [1.82, 2.24) is 5.32 Å². The van der Waals surface area contributed by atoms with Crippen LogP contribution in [0.4, 0.5) is 0 Å². The van der Waals surface area contributed by atoms with Gasteiger partial charge in [0, 0.05) is 17.9 Å². The second-order valence-corrected chi connectivity index (χ2v) is 5.32. The van der Waals surface area contributed by atoms with Crippen LogP contribution in [0.1, 0.15) is 12.8 Å². The molecule has 106 valence electrons. The molecule has 1 rings (SSSR count). The maximum absolute atomic E-state index is 12.3. The molecule has 0 bridgehead atoms. The minimum atomic E-state index is -1.73. The zero-order chi connectivity index (χ0) is 14.5. The summed E-state index contributed by atoms with van der Waals surface area (Å²) in [7, 11) is 1.18. The molecule has 0 aromatic heterocycles. The number of carbonyl (C=O) groups excluding carboxylic acids is 3. The van der Waals surface area contributed by atoms with Crippen LogP contribution in [-0.2, 0) is 19.1 Å². The van der Waals surface area contributed by atoms with Crippen molar-refractivity contribution in [3.8, 4) is 0 Å². The number of nitrogens with one attached hydrogen (secondary N) is 1. The summed E-state index contributed by atoms with van der Waals surface area (Å²) >= 11 is 1.31. The molecule has 0 unspecified atom stereocenters. The van der Waals surface area contributed by atoms with E-state index in [1.807, 2.05) is 0 Å². The molecule has 1 amide bonds. The average molecular weight is 286 g/mol. The number of nitrogens with two attached hydrogens (primary N) is 1. The molecule has 0 radical (unpaired) electrons. The van der Waals surface area contributed by atoms with Gasteiger partial charge in [-0.25, -0.2) is 4.79 Å². The number of ether oxygens (including phenoxy) is 1. The van der Waals surface area contributed by atoms with Crippen molar-refractivity contribution < 1.29 is 19.1 Å². The third-order valence-electron chi connectivity index (χ3n) is 2.87. The van der Waals surface area contributed by atoms with E-state index in [9.17, 15) is 14.4 Å². The third-order valence-corrected chi connectivity index (χ3v) is 4.00. The Hall–Kier alpha value is -1.34. The summed E-state index contributed by atoms with van der Waals surface area (Å²) in [6, 6.07) is -0.707. The SMILES string of the molecule is C=CCSC[C@](N)(C(=O)OC)C(=O)[C@@H]1CCC(=O)N1. The summed E-state index contributed by atoms with van der Waals surface area (Å²) in [6.07, 6.45) is 2.29. The van der Waals surface area contributed by atoms with Crippen LogP contribution < -0.4 is 11.1 Å². The first-order valence-corrected chi connectivity index (χ1v) is 7.00. The Morgan fingerprint density at radius 1 is 1.68 bits per heavy atom. The van der Waals surface area contributed by atoms with Crippen LogP contribution in [0, 0.1) is 0 Å². The fraction of sp³-hybridized carbons (Fsp3) is 0.583. The first kappa shape index (κ1) is 15.7. The Balaban J connectivity index is 2.82. The number of carbonyl (C=O) groups is 3. The molecule has 7 heteroatoms. The molecular weight excluding hydrogens is 268 g/mol. The molecule has 0 aromatic rings. The van der Waals surface area contributed by atoms with Gasteiger partial charge in [-0.2, -0.15) is 11.8 Å². The van der Waals surface area contributed by atoms with Gasteiger partial charge in [0.15, 0.2) is 11.3 Å². The first-order chi connectivity index (χ1) is 8.95. The maximum Gasteiger partial charge on any atom is 0.334 e. The molecule has 1 heterocycles. The molecule has 3 N–H and O–H groups in total. The minimum Gasteiger partial charge on any atom is -0.467 e. The zero-order valence-corrected chi connectivity index (χ0v) is 11.6. The van der Waals surface area contributed by atoms with E-state index in [4.69, 9.17) is 5.73 Å². The highest BCUT2D eigenvalue weighted by atomic mass is 32.2. The Morgan fingerprint density at radius 2 is 2.37 bits per heavy atom. The fourth-order valence-corrected chi connectivity index (χ4v) is 2.70. The molecular formula is C12H18N2O4S. The molecule has 0 spiro atoms. The number of esters is 1. The lowest BCUT2D eigenvalue weighted by Gasteiger charge is -2.27. The molecule has 1 saturated heterocycles. The highest BCUT2D eigenvalue weighted by molar-refractivity contribution is 7.99. The summed E-state index contributed by atoms with van der Waals surface area (Å²) in [4.78, 5) is 35.3. The monoisotopic (exact) mass is 286 g/mol. The molecule has 0 saturated carbocycles. The van der Waals surface area contributed by atoms with Crippen LogP contribution in [0.25, 0.3) is 0 Å². The highest BCUT2D eigenvalue weighted by Gasteiger charge is 2.47. The van der Waals surface area contributed by atoms with Crippen molar-refractivity contribution >= 4 is 29.4 Å². The second-order valence-electron chi connectivity index (χ2n) is 4.29. The van der Waals surface area contributed by atoms with Gasteiger partial charge < -0.3 is 15.8 Å². The van der Waals surface area contributed by atoms with Gasteiger partial charge in [-0.1, -0.05) is 6.08 Å². The van der Waals surface area contributed by atoms with E-state index < -0.39 is 23.3 Å². The number of rotatable bonds is 7. The number of Topliss-reactive ketones (excluding diaryl/α,β-unsaturated/α-hetero) is 1. The number of hydrogen-bond acceptors (Lipinski definition) is 6. The second kappa shape index (κ2) is 6.72. The first-order valence-electron chi connectivity index (χ1n) is 5.85. The predicted molar refractivity (Wildman–Crippen MR) is 72.6 cm³/mol. The van der Waals surface area contributed by atoms with E-state index in [0.717, 1.165) is 0 Å². The van der Waals surface area contributed by atoms with Crippen LogP contribution in [-0.4, -0.2) is 47.9 Å². The van der Waals surface area contributed by atoms with Crippen molar-refractivity contribution in [3.05, 3.63) is 12.7 Å². The van der Waals surface area contributed by atoms with Gasteiger partial charge in [0.05, 0.1) is 13.2 Å². The summed E-state index contributed by atoms with van der Waals surface area (Å²) < 4.78 is 4.62. The van der Waals surface area contributed by atoms with E-state index in [1.165, 1.54) is 18.9 Å². The van der Waals surface area contributed by atoms with E-state index >= 15 is 0 Å². The Labute approximate surface area is 116 Å². The van der Waals surface area contributed by atoms with Crippen molar-refractivity contribution in [2.75, 3.05) is 18.6 Å². The Bertz CT molecular complexity index is 399. The van der Waals surface area contributed by atoms with Crippen LogP contribution in [0.15, 0.2) is 12.7 Å². The summed E-state index contributed by atoms with van der Waals surface area (Å²) in [5.41, 5.74) is 4.20. The Kier molecular flexibility index (Phi) is 5.56. The van der Waals surface area contributed by atoms with Crippen molar-refractivity contribution in [3.63, 3.8) is 0 Å². The molecule has 0 aliphatic carbocycles. The lowest BCUT2D eigenvalue weighted by atomic mass is 9.91. The summed E-state index contributed by atoms with van der Waals surface area (Å²) in [5, 5.41) is 2.52. The fourth-order valence-electron chi connectivity index (χ4n) is 1.84. The minimum absolute atomic E-state index is 0.0941. The van der Waals surface area contributed by atoms with Gasteiger partial charge in [-0.05, 0) is 6.42 Å². The van der Waals surface area contributed by atoms with Crippen LogP contribution >= 0.6 is 11.8 Å². The van der Waals surface area contributed by atoms with E-state index in [1.54, 1.807) is 6.08 Å². The van der Waals surface area contributed by atoms with Crippen LogP contribution in [0.2, 0.25) is 0 Å². The van der Waals surface area contributed by atoms with E-state index in [-0.39, 0.29) is 18.1 Å². The third kappa shape index (κ3) is 3.57. The van der Waals surface area contributed by atoms with Gasteiger partial charge in [0.1, 0.15) is 0 Å². The van der Waals surface area contributed by atoms with Crippen LogP contribution in [0.5, 0.6) is 0 Å². The molecule has 1 aliphatic rings. The molecule has 19 heavy (non-hydrogen) atoms. The van der Waals surface area contributed by atoms with Gasteiger partial charge in [-0.3, -0.25) is 9.59 Å².